The molecule has 0 spiro atoms. The second kappa shape index (κ2) is 10.2. The van der Waals surface area contributed by atoms with Gasteiger partial charge in [-0.1, -0.05) is 32.0 Å². The van der Waals surface area contributed by atoms with E-state index in [1.54, 1.807) is 42.5 Å². The maximum Gasteiger partial charge on any atom is 0.287 e. The lowest BCUT2D eigenvalue weighted by molar-refractivity contribution is -0.121. The fourth-order valence-electron chi connectivity index (χ4n) is 3.42. The molecule has 0 fully saturated rings. The first kappa shape index (κ1) is 23.1. The lowest BCUT2D eigenvalue weighted by atomic mass is 10.1. The van der Waals surface area contributed by atoms with Crippen LogP contribution < -0.4 is 19.7 Å². The number of Topliss-reactive ketones (excluding diaryl/α,β-unsaturated/α-hetero) is 1. The summed E-state index contributed by atoms with van der Waals surface area (Å²) >= 11 is 0. The Kier molecular flexibility index (Phi) is 6.96. The molecule has 176 valence electrons. The predicted octanol–water partition coefficient (Wildman–Crippen LogP) is 3.85. The molecule has 8 nitrogen and oxygen atoms in total. The molecule has 0 bridgehead atoms. The molecule has 0 radical (unpaired) electrons. The van der Waals surface area contributed by atoms with E-state index in [0.29, 0.717) is 41.0 Å². The Balaban J connectivity index is 1.48. The van der Waals surface area contributed by atoms with Crippen molar-refractivity contribution in [2.45, 2.75) is 20.4 Å². The van der Waals surface area contributed by atoms with Gasteiger partial charge in [-0.15, -0.1) is 0 Å². The minimum Gasteiger partial charge on any atom is -0.485 e. The third kappa shape index (κ3) is 5.46. The maximum atomic E-state index is 12.7. The van der Waals surface area contributed by atoms with Crippen molar-refractivity contribution in [1.29, 1.82) is 0 Å². The van der Waals surface area contributed by atoms with E-state index in [2.05, 4.69) is 5.32 Å². The number of hydrogen-bond acceptors (Lipinski definition) is 6. The van der Waals surface area contributed by atoms with Crippen LogP contribution in [0.3, 0.4) is 0 Å². The number of ether oxygens (including phenoxy) is 2. The van der Waals surface area contributed by atoms with E-state index in [1.807, 2.05) is 32.0 Å². The van der Waals surface area contributed by atoms with Gasteiger partial charge in [-0.2, -0.15) is 0 Å². The van der Waals surface area contributed by atoms with Gasteiger partial charge in [0.05, 0.1) is 12.2 Å². The van der Waals surface area contributed by atoms with Gasteiger partial charge < -0.3 is 19.2 Å². The molecule has 0 saturated carbocycles. The van der Waals surface area contributed by atoms with Crippen LogP contribution in [-0.4, -0.2) is 37.4 Å². The number of nitrogens with one attached hydrogen (secondary N) is 1. The van der Waals surface area contributed by atoms with Gasteiger partial charge in [0, 0.05) is 12.1 Å². The average Bonchev–Trinajstić information content (AvgIpc) is 3.32. The predicted molar refractivity (Wildman–Crippen MR) is 125 cm³/mol. The third-order valence-electron chi connectivity index (χ3n) is 5.21. The van der Waals surface area contributed by atoms with Crippen LogP contribution in [0.2, 0.25) is 0 Å². The van der Waals surface area contributed by atoms with Crippen LogP contribution in [0.5, 0.6) is 11.5 Å². The molecule has 1 aliphatic rings. The second-order valence-corrected chi connectivity index (χ2v) is 8.35. The third-order valence-corrected chi connectivity index (χ3v) is 5.21. The molecular weight excluding hydrogens is 436 g/mol. The van der Waals surface area contributed by atoms with Gasteiger partial charge >= 0.3 is 0 Å². The van der Waals surface area contributed by atoms with E-state index < -0.39 is 0 Å². The second-order valence-electron chi connectivity index (χ2n) is 8.35. The molecule has 34 heavy (non-hydrogen) atoms. The number of hydrogen-bond donors (Lipinski definition) is 1. The topological polar surface area (TPSA) is 98.1 Å². The van der Waals surface area contributed by atoms with Crippen molar-refractivity contribution >= 4 is 23.3 Å². The molecule has 4 rings (SSSR count). The van der Waals surface area contributed by atoms with E-state index >= 15 is 0 Å². The standard InChI is InChI=1S/C26H26N2O6/c1-17(2)13-27-26(31)24-11-9-20(34-24)14-28-21-12-18(8-10-23(21)33-16-25(28)30)22(29)15-32-19-6-4-3-5-7-19/h3-12,17H,13-16H2,1-2H3,(H,27,31). The molecular formula is C26H26N2O6. The van der Waals surface area contributed by atoms with Crippen molar-refractivity contribution in [3.63, 3.8) is 0 Å². The molecule has 0 aliphatic carbocycles. The lowest BCUT2D eigenvalue weighted by Gasteiger charge is -2.29. The molecule has 2 aromatic carbocycles. The molecule has 1 N–H and O–H groups in total. The Bertz CT molecular complexity index is 1190. The summed E-state index contributed by atoms with van der Waals surface area (Å²) in [6.07, 6.45) is 0. The normalized spacial score (nSPS) is 12.8. The van der Waals surface area contributed by atoms with Crippen molar-refractivity contribution in [3.05, 3.63) is 77.7 Å². The smallest absolute Gasteiger partial charge is 0.287 e. The van der Waals surface area contributed by atoms with Crippen LogP contribution in [0.4, 0.5) is 5.69 Å². The van der Waals surface area contributed by atoms with E-state index in [0.717, 1.165) is 0 Å². The molecule has 3 aromatic rings. The van der Waals surface area contributed by atoms with Crippen LogP contribution in [-0.2, 0) is 11.3 Å². The Morgan fingerprint density at radius 1 is 1.09 bits per heavy atom. The summed E-state index contributed by atoms with van der Waals surface area (Å²) in [5.74, 6) is 1.21. The minimum absolute atomic E-state index is 0.102. The SMILES string of the molecule is CC(C)CNC(=O)c1ccc(CN2C(=O)COc3ccc(C(=O)COc4ccccc4)cc32)o1. The zero-order valence-electron chi connectivity index (χ0n) is 19.1. The summed E-state index contributed by atoms with van der Waals surface area (Å²) in [6, 6.07) is 17.2. The number of para-hydroxylation sites is 1. The van der Waals surface area contributed by atoms with Crippen molar-refractivity contribution in [2.75, 3.05) is 24.7 Å². The van der Waals surface area contributed by atoms with Gasteiger partial charge in [0.2, 0.25) is 0 Å². The van der Waals surface area contributed by atoms with E-state index in [-0.39, 0.29) is 43.1 Å². The highest BCUT2D eigenvalue weighted by molar-refractivity contribution is 6.02. The summed E-state index contributed by atoms with van der Waals surface area (Å²) in [5.41, 5.74) is 0.857. The van der Waals surface area contributed by atoms with E-state index in [9.17, 15) is 14.4 Å². The number of carbonyl (C=O) groups excluding carboxylic acids is 3. The zero-order valence-corrected chi connectivity index (χ0v) is 19.1. The van der Waals surface area contributed by atoms with E-state index in [1.165, 1.54) is 4.90 Å². The Morgan fingerprint density at radius 3 is 2.65 bits per heavy atom. The zero-order chi connectivity index (χ0) is 24.1. The Labute approximate surface area is 197 Å². The first-order valence-corrected chi connectivity index (χ1v) is 11.1. The van der Waals surface area contributed by atoms with Gasteiger partial charge in [-0.25, -0.2) is 0 Å². The summed E-state index contributed by atoms with van der Waals surface area (Å²) < 4.78 is 16.8. The van der Waals surface area contributed by atoms with Gasteiger partial charge in [0.25, 0.3) is 11.8 Å². The Hall–Kier alpha value is -4.07. The molecule has 1 aliphatic heterocycles. The molecule has 0 saturated heterocycles. The van der Waals surface area contributed by atoms with Crippen molar-refractivity contribution in [1.82, 2.24) is 5.32 Å². The number of benzene rings is 2. The highest BCUT2D eigenvalue weighted by Crippen LogP contribution is 2.34. The number of anilines is 1. The molecule has 1 aromatic heterocycles. The Morgan fingerprint density at radius 2 is 1.88 bits per heavy atom. The van der Waals surface area contributed by atoms with Crippen LogP contribution in [0.25, 0.3) is 0 Å². The first-order chi connectivity index (χ1) is 16.4. The molecule has 0 atom stereocenters. The molecule has 8 heteroatoms. The van der Waals surface area contributed by atoms with Gasteiger partial charge in [0.1, 0.15) is 17.3 Å². The van der Waals surface area contributed by atoms with Gasteiger partial charge in [-0.05, 0) is 48.4 Å². The van der Waals surface area contributed by atoms with Gasteiger partial charge in [-0.3, -0.25) is 19.3 Å². The highest BCUT2D eigenvalue weighted by atomic mass is 16.5. The van der Waals surface area contributed by atoms with Crippen molar-refractivity contribution < 1.29 is 28.3 Å². The maximum absolute atomic E-state index is 12.7. The van der Waals surface area contributed by atoms with Gasteiger partial charge in [0.15, 0.2) is 24.8 Å². The summed E-state index contributed by atoms with van der Waals surface area (Å²) in [5, 5.41) is 2.80. The number of amides is 2. The van der Waals surface area contributed by atoms with E-state index in [4.69, 9.17) is 13.9 Å². The largest absolute Gasteiger partial charge is 0.485 e. The first-order valence-electron chi connectivity index (χ1n) is 11.1. The molecule has 2 amide bonds. The van der Waals surface area contributed by atoms with Crippen molar-refractivity contribution in [3.8, 4) is 11.5 Å². The molecule has 0 unspecified atom stereocenters. The van der Waals surface area contributed by atoms with Crippen LogP contribution in [0, 0.1) is 5.92 Å². The summed E-state index contributed by atoms with van der Waals surface area (Å²) in [6.45, 7) is 4.38. The number of rotatable bonds is 9. The highest BCUT2D eigenvalue weighted by Gasteiger charge is 2.28. The summed E-state index contributed by atoms with van der Waals surface area (Å²) in [7, 11) is 0. The van der Waals surface area contributed by atoms with Crippen LogP contribution in [0.1, 0.15) is 40.5 Å². The van der Waals surface area contributed by atoms with Crippen molar-refractivity contribution in [2.24, 2.45) is 5.92 Å². The number of ketones is 1. The van der Waals surface area contributed by atoms with Crippen LogP contribution in [0.15, 0.2) is 65.1 Å². The number of carbonyl (C=O) groups is 3. The summed E-state index contributed by atoms with van der Waals surface area (Å²) in [4.78, 5) is 39.1. The van der Waals surface area contributed by atoms with Crippen LogP contribution >= 0.6 is 0 Å². The molecule has 2 heterocycles. The quantitative estimate of drug-likeness (QED) is 0.485. The fraction of sp³-hybridized carbons (Fsp3) is 0.269. The number of furan rings is 1. The average molecular weight is 463 g/mol. The number of fused-ring (bicyclic) bond motifs is 1. The number of nitrogens with zero attached hydrogens (tertiary/aromatic N) is 1. The lowest BCUT2D eigenvalue weighted by Crippen LogP contribution is -2.38. The monoisotopic (exact) mass is 462 g/mol. The fourth-order valence-corrected chi connectivity index (χ4v) is 3.42. The minimum atomic E-state index is -0.306.